The topological polar surface area (TPSA) is 18.5 Å². The van der Waals surface area contributed by atoms with E-state index in [0.29, 0.717) is 12.5 Å². The molecule has 0 spiro atoms. The molecule has 0 heterocycles. The molecule has 0 unspecified atom stereocenters. The molecule has 0 saturated heterocycles. The molecule has 3 heteroatoms. The number of benzene rings is 3. The standard InChI is InChI=1S/C28H36O2Si/c1-24(20-21-29-23-25-14-8-5-9-15-25)22-30-31(28(2,3)4,26-16-10-6-11-17-26)27-18-12-7-13-19-27/h5-19,24H,20-23H2,1-4H3/t24-/m1/s1. The van der Waals surface area contributed by atoms with Gasteiger partial charge in [-0.15, -0.1) is 0 Å². The molecule has 3 aromatic carbocycles. The summed E-state index contributed by atoms with van der Waals surface area (Å²) in [5.41, 5.74) is 1.22. The summed E-state index contributed by atoms with van der Waals surface area (Å²) in [6.45, 7) is 11.4. The van der Waals surface area contributed by atoms with Crippen molar-refractivity contribution in [2.24, 2.45) is 5.92 Å². The van der Waals surface area contributed by atoms with Crippen LogP contribution in [0.5, 0.6) is 0 Å². The Labute approximate surface area is 189 Å². The minimum Gasteiger partial charge on any atom is -0.407 e. The Morgan fingerprint density at radius 2 is 1.23 bits per heavy atom. The first-order valence-electron chi connectivity index (χ1n) is 11.3. The van der Waals surface area contributed by atoms with E-state index in [9.17, 15) is 0 Å². The van der Waals surface area contributed by atoms with Crippen molar-refractivity contribution in [3.8, 4) is 0 Å². The minimum absolute atomic E-state index is 0.0131. The lowest BCUT2D eigenvalue weighted by molar-refractivity contribution is 0.1000. The smallest absolute Gasteiger partial charge is 0.261 e. The van der Waals surface area contributed by atoms with E-state index in [0.717, 1.165) is 19.6 Å². The maximum absolute atomic E-state index is 7.03. The highest BCUT2D eigenvalue weighted by Crippen LogP contribution is 2.37. The largest absolute Gasteiger partial charge is 0.407 e. The highest BCUT2D eigenvalue weighted by Gasteiger charge is 2.50. The van der Waals surface area contributed by atoms with E-state index in [1.54, 1.807) is 0 Å². The van der Waals surface area contributed by atoms with Crippen LogP contribution in [0.3, 0.4) is 0 Å². The van der Waals surface area contributed by atoms with Gasteiger partial charge in [0.15, 0.2) is 0 Å². The summed E-state index contributed by atoms with van der Waals surface area (Å²) < 4.78 is 12.9. The summed E-state index contributed by atoms with van der Waals surface area (Å²) >= 11 is 0. The molecule has 0 aliphatic heterocycles. The average Bonchev–Trinajstić information content (AvgIpc) is 2.78. The molecule has 1 atom stereocenters. The Morgan fingerprint density at radius 3 is 1.71 bits per heavy atom. The summed E-state index contributed by atoms with van der Waals surface area (Å²) in [4.78, 5) is 0. The molecule has 0 radical (unpaired) electrons. The molecule has 0 N–H and O–H groups in total. The van der Waals surface area contributed by atoms with Crippen LogP contribution in [0, 0.1) is 5.92 Å². The van der Waals surface area contributed by atoms with Crippen LogP contribution >= 0.6 is 0 Å². The summed E-state index contributed by atoms with van der Waals surface area (Å²) in [7, 11) is -2.45. The molecule has 2 nitrogen and oxygen atoms in total. The van der Waals surface area contributed by atoms with Gasteiger partial charge in [-0.05, 0) is 33.3 Å². The van der Waals surface area contributed by atoms with E-state index in [1.165, 1.54) is 15.9 Å². The van der Waals surface area contributed by atoms with E-state index < -0.39 is 8.32 Å². The second kappa shape index (κ2) is 10.9. The van der Waals surface area contributed by atoms with Gasteiger partial charge < -0.3 is 9.16 Å². The first-order chi connectivity index (χ1) is 14.9. The van der Waals surface area contributed by atoms with Crippen molar-refractivity contribution in [1.82, 2.24) is 0 Å². The molecule has 0 bridgehead atoms. The third-order valence-corrected chi connectivity index (χ3v) is 10.9. The lowest BCUT2D eigenvalue weighted by Crippen LogP contribution is -2.66. The summed E-state index contributed by atoms with van der Waals surface area (Å²) in [5, 5.41) is 2.68. The van der Waals surface area contributed by atoms with Crippen molar-refractivity contribution in [3.05, 3.63) is 96.6 Å². The zero-order valence-corrected chi connectivity index (χ0v) is 20.4. The van der Waals surface area contributed by atoms with Crippen LogP contribution in [0.4, 0.5) is 0 Å². The van der Waals surface area contributed by atoms with Gasteiger partial charge in [-0.1, -0.05) is 119 Å². The minimum atomic E-state index is -2.45. The van der Waals surface area contributed by atoms with E-state index in [2.05, 4.69) is 113 Å². The zero-order valence-electron chi connectivity index (χ0n) is 19.4. The van der Waals surface area contributed by atoms with E-state index in [1.807, 2.05) is 6.07 Å². The van der Waals surface area contributed by atoms with Gasteiger partial charge in [0.25, 0.3) is 8.32 Å². The van der Waals surface area contributed by atoms with E-state index in [4.69, 9.17) is 9.16 Å². The molecule has 3 rings (SSSR count). The maximum Gasteiger partial charge on any atom is 0.261 e. The molecular formula is C28H36O2Si. The Kier molecular flexibility index (Phi) is 8.25. The SMILES string of the molecule is C[C@H](CCOCc1ccccc1)CO[Si](c1ccccc1)(c1ccccc1)C(C)(C)C. The molecule has 0 aliphatic rings. The van der Waals surface area contributed by atoms with Crippen LogP contribution in [0.25, 0.3) is 0 Å². The maximum atomic E-state index is 7.03. The van der Waals surface area contributed by atoms with Gasteiger partial charge in [-0.25, -0.2) is 0 Å². The Morgan fingerprint density at radius 1 is 0.742 bits per heavy atom. The van der Waals surface area contributed by atoms with Crippen LogP contribution in [0.1, 0.15) is 39.7 Å². The molecule has 164 valence electrons. The quantitative estimate of drug-likeness (QED) is 0.297. The van der Waals surface area contributed by atoms with Gasteiger partial charge in [0, 0.05) is 13.2 Å². The molecule has 0 fully saturated rings. The first kappa shape index (κ1) is 23.5. The fourth-order valence-electron chi connectivity index (χ4n) is 4.16. The summed E-state index contributed by atoms with van der Waals surface area (Å²) in [6, 6.07) is 32.1. The molecular weight excluding hydrogens is 396 g/mol. The second-order valence-electron chi connectivity index (χ2n) is 9.41. The van der Waals surface area contributed by atoms with Crippen LogP contribution in [-0.4, -0.2) is 21.5 Å². The average molecular weight is 433 g/mol. The molecule has 0 aromatic heterocycles. The van der Waals surface area contributed by atoms with Crippen LogP contribution in [0.2, 0.25) is 5.04 Å². The fraction of sp³-hybridized carbons (Fsp3) is 0.357. The number of ether oxygens (including phenoxy) is 1. The highest BCUT2D eigenvalue weighted by atomic mass is 28.4. The zero-order chi connectivity index (χ0) is 22.2. The van der Waals surface area contributed by atoms with Crippen molar-refractivity contribution in [2.45, 2.75) is 45.8 Å². The van der Waals surface area contributed by atoms with Gasteiger partial charge in [0.1, 0.15) is 0 Å². The van der Waals surface area contributed by atoms with Crippen molar-refractivity contribution in [1.29, 1.82) is 0 Å². The Hall–Kier alpha value is -2.20. The number of hydrogen-bond acceptors (Lipinski definition) is 2. The van der Waals surface area contributed by atoms with Crippen molar-refractivity contribution >= 4 is 18.7 Å². The predicted octanol–water partition coefficient (Wildman–Crippen LogP) is 5.81. The number of hydrogen-bond donors (Lipinski definition) is 0. The third-order valence-electron chi connectivity index (χ3n) is 5.87. The Bertz CT molecular complexity index is 849. The lowest BCUT2D eigenvalue weighted by Gasteiger charge is -2.43. The molecule has 31 heavy (non-hydrogen) atoms. The fourth-order valence-corrected chi connectivity index (χ4v) is 8.85. The molecule has 0 saturated carbocycles. The van der Waals surface area contributed by atoms with Crippen LogP contribution in [0.15, 0.2) is 91.0 Å². The van der Waals surface area contributed by atoms with Crippen LogP contribution in [-0.2, 0) is 15.8 Å². The molecule has 0 amide bonds. The lowest BCUT2D eigenvalue weighted by atomic mass is 10.1. The van der Waals surface area contributed by atoms with Gasteiger partial charge in [-0.3, -0.25) is 0 Å². The molecule has 0 aliphatic carbocycles. The number of rotatable bonds is 10. The van der Waals surface area contributed by atoms with Crippen molar-refractivity contribution < 1.29 is 9.16 Å². The predicted molar refractivity (Wildman–Crippen MR) is 133 cm³/mol. The first-order valence-corrected chi connectivity index (χ1v) is 13.2. The Balaban J connectivity index is 1.70. The van der Waals surface area contributed by atoms with Crippen LogP contribution < -0.4 is 10.4 Å². The van der Waals surface area contributed by atoms with E-state index >= 15 is 0 Å². The second-order valence-corrected chi connectivity index (χ2v) is 13.7. The van der Waals surface area contributed by atoms with Crippen molar-refractivity contribution in [2.75, 3.05) is 13.2 Å². The highest BCUT2D eigenvalue weighted by molar-refractivity contribution is 6.99. The van der Waals surface area contributed by atoms with Gasteiger partial charge in [0.2, 0.25) is 0 Å². The van der Waals surface area contributed by atoms with Crippen molar-refractivity contribution in [3.63, 3.8) is 0 Å². The normalized spacial score (nSPS) is 13.2. The monoisotopic (exact) mass is 432 g/mol. The van der Waals surface area contributed by atoms with E-state index in [-0.39, 0.29) is 5.04 Å². The van der Waals surface area contributed by atoms with Gasteiger partial charge in [0.05, 0.1) is 6.61 Å². The third kappa shape index (κ3) is 5.94. The molecule has 3 aromatic rings. The van der Waals surface area contributed by atoms with Gasteiger partial charge >= 0.3 is 0 Å². The summed E-state index contributed by atoms with van der Waals surface area (Å²) in [6.07, 6.45) is 0.991. The summed E-state index contributed by atoms with van der Waals surface area (Å²) in [5.74, 6) is 0.428. The van der Waals surface area contributed by atoms with Gasteiger partial charge in [-0.2, -0.15) is 0 Å².